The molecule has 204 valence electrons. The maximum Gasteiger partial charge on any atom is 0.266 e. The van der Waals surface area contributed by atoms with E-state index < -0.39 is 17.2 Å². The van der Waals surface area contributed by atoms with Gasteiger partial charge in [-0.15, -0.1) is 0 Å². The van der Waals surface area contributed by atoms with E-state index in [0.29, 0.717) is 64.7 Å². The molecule has 0 amide bonds. The van der Waals surface area contributed by atoms with Crippen LogP contribution in [0.5, 0.6) is 17.2 Å². The van der Waals surface area contributed by atoms with Crippen molar-refractivity contribution >= 4 is 22.5 Å². The molecular weight excluding hydrogens is 525 g/mol. The van der Waals surface area contributed by atoms with Crippen molar-refractivity contribution in [2.75, 3.05) is 7.11 Å². The number of ether oxygens (including phenoxy) is 2. The Bertz CT molecular complexity index is 1860. The van der Waals surface area contributed by atoms with Gasteiger partial charge in [-0.25, -0.2) is 4.39 Å². The van der Waals surface area contributed by atoms with E-state index in [0.717, 1.165) is 5.39 Å². The van der Waals surface area contributed by atoms with Crippen molar-refractivity contribution < 1.29 is 23.5 Å². The minimum atomic E-state index is -0.545. The highest BCUT2D eigenvalue weighted by Gasteiger charge is 2.26. The summed E-state index contributed by atoms with van der Waals surface area (Å²) in [6.07, 6.45) is 4.44. The van der Waals surface area contributed by atoms with Gasteiger partial charge < -0.3 is 9.47 Å². The molecule has 3 aromatic heterocycles. The smallest absolute Gasteiger partial charge is 0.266 e. The number of nitrogens with zero attached hydrogens (tertiary/aromatic N) is 3. The third-order valence-electron chi connectivity index (χ3n) is 7.08. The molecule has 0 unspecified atom stereocenters. The highest BCUT2D eigenvalue weighted by Crippen LogP contribution is 2.31. The molecule has 0 spiro atoms. The first kappa shape index (κ1) is 26.1. The van der Waals surface area contributed by atoms with Crippen molar-refractivity contribution in [3.05, 3.63) is 118 Å². The molecule has 1 aliphatic carbocycles. The third-order valence-corrected chi connectivity index (χ3v) is 7.08. The molecule has 0 aliphatic heterocycles. The lowest BCUT2D eigenvalue weighted by molar-refractivity contribution is 0.0971. The predicted octanol–water partition coefficient (Wildman–Crippen LogP) is 5.67. The van der Waals surface area contributed by atoms with Crippen LogP contribution >= 0.6 is 0 Å². The van der Waals surface area contributed by atoms with Crippen LogP contribution in [-0.4, -0.2) is 33.2 Å². The van der Waals surface area contributed by atoms with E-state index in [2.05, 4.69) is 9.97 Å². The van der Waals surface area contributed by atoms with Crippen LogP contribution in [0.15, 0.2) is 83.9 Å². The Morgan fingerprint density at radius 2 is 1.76 bits per heavy atom. The predicted molar refractivity (Wildman–Crippen MR) is 150 cm³/mol. The number of halogens is 1. The van der Waals surface area contributed by atoms with Gasteiger partial charge in [-0.05, 0) is 73.5 Å². The molecule has 3 heterocycles. The molecule has 9 heteroatoms. The second-order valence-electron chi connectivity index (χ2n) is 9.69. The zero-order valence-electron chi connectivity index (χ0n) is 22.1. The first-order chi connectivity index (χ1) is 19.9. The van der Waals surface area contributed by atoms with Gasteiger partial charge in [-0.2, -0.15) is 0 Å². The van der Waals surface area contributed by atoms with E-state index in [1.54, 1.807) is 31.5 Å². The summed E-state index contributed by atoms with van der Waals surface area (Å²) in [5.41, 5.74) is 1.79. The van der Waals surface area contributed by atoms with Gasteiger partial charge >= 0.3 is 0 Å². The zero-order chi connectivity index (χ0) is 28.5. The Hall–Kier alpha value is -5.18. The van der Waals surface area contributed by atoms with Crippen LogP contribution < -0.4 is 15.0 Å². The fourth-order valence-electron chi connectivity index (χ4n) is 5.04. The molecule has 1 aliphatic rings. The average molecular weight is 550 g/mol. The summed E-state index contributed by atoms with van der Waals surface area (Å²) in [5, 5.41) is 0.798. The minimum absolute atomic E-state index is 0.107. The first-order valence-corrected chi connectivity index (χ1v) is 13.1. The highest BCUT2D eigenvalue weighted by molar-refractivity contribution is 6.03. The maximum absolute atomic E-state index is 13.6. The molecule has 2 aromatic carbocycles. The van der Waals surface area contributed by atoms with Crippen LogP contribution in [0.1, 0.15) is 44.9 Å². The Kier molecular flexibility index (Phi) is 6.84. The number of hydrogen-bond donors (Lipinski definition) is 0. The second-order valence-corrected chi connectivity index (χ2v) is 9.69. The van der Waals surface area contributed by atoms with E-state index >= 15 is 0 Å². The Morgan fingerprint density at radius 1 is 0.951 bits per heavy atom. The SMILES string of the molecule is COc1ccc2c(Oc3ccc(CC(=O)c4cc5c(n(-c6ccc(F)cc6)c4=O)CCCC5=O)nc3)ccnc2c1. The molecule has 0 bridgehead atoms. The molecule has 0 saturated carbocycles. The summed E-state index contributed by atoms with van der Waals surface area (Å²) < 4.78 is 26.2. The standard InChI is InChI=1S/C32H24FN3O5/c1-40-22-11-12-24-27(16-22)34-14-13-31(24)41-23-10-7-20(35-18-23)15-30(38)26-17-25-28(3-2-4-29(25)37)36(32(26)39)21-8-5-19(33)6-9-21/h5-14,16-18H,2-4,15H2,1H3. The quantitative estimate of drug-likeness (QED) is 0.241. The van der Waals surface area contributed by atoms with Crippen LogP contribution in [0.25, 0.3) is 16.6 Å². The molecular formula is C32H24FN3O5. The van der Waals surface area contributed by atoms with E-state index in [-0.39, 0.29) is 17.8 Å². The highest BCUT2D eigenvalue weighted by atomic mass is 19.1. The van der Waals surface area contributed by atoms with Gasteiger partial charge in [0.25, 0.3) is 5.56 Å². The van der Waals surface area contributed by atoms with E-state index in [1.807, 2.05) is 18.2 Å². The van der Waals surface area contributed by atoms with Crippen molar-refractivity contribution in [2.24, 2.45) is 0 Å². The number of ketones is 2. The molecule has 41 heavy (non-hydrogen) atoms. The van der Waals surface area contributed by atoms with E-state index in [4.69, 9.17) is 9.47 Å². The van der Waals surface area contributed by atoms with Gasteiger partial charge in [0, 0.05) is 46.7 Å². The minimum Gasteiger partial charge on any atom is -0.497 e. The Labute approximate surface area is 234 Å². The second kappa shape index (κ2) is 10.8. The fraction of sp³-hybridized carbons (Fsp3) is 0.156. The largest absolute Gasteiger partial charge is 0.497 e. The van der Waals surface area contributed by atoms with Crippen molar-refractivity contribution in [1.29, 1.82) is 0 Å². The van der Waals surface area contributed by atoms with Crippen LogP contribution in [0.4, 0.5) is 4.39 Å². The topological polar surface area (TPSA) is 100 Å². The van der Waals surface area contributed by atoms with Crippen molar-refractivity contribution in [2.45, 2.75) is 25.7 Å². The molecule has 6 rings (SSSR count). The van der Waals surface area contributed by atoms with Crippen LogP contribution in [0.2, 0.25) is 0 Å². The molecule has 0 N–H and O–H groups in total. The van der Waals surface area contributed by atoms with Gasteiger partial charge in [0.1, 0.15) is 23.1 Å². The number of rotatable bonds is 7. The van der Waals surface area contributed by atoms with Gasteiger partial charge in [-0.1, -0.05) is 0 Å². The van der Waals surface area contributed by atoms with Gasteiger partial charge in [0.05, 0.1) is 30.8 Å². The first-order valence-electron chi connectivity index (χ1n) is 13.1. The summed E-state index contributed by atoms with van der Waals surface area (Å²) in [7, 11) is 1.59. The molecule has 0 fully saturated rings. The monoisotopic (exact) mass is 549 g/mol. The molecule has 0 radical (unpaired) electrons. The molecule has 0 saturated heterocycles. The van der Waals surface area contributed by atoms with Crippen molar-refractivity contribution in [1.82, 2.24) is 14.5 Å². The maximum atomic E-state index is 13.6. The normalized spacial score (nSPS) is 12.7. The molecule has 8 nitrogen and oxygen atoms in total. The Balaban J connectivity index is 1.27. The van der Waals surface area contributed by atoms with Crippen LogP contribution in [0, 0.1) is 5.82 Å². The number of methoxy groups -OCH3 is 1. The number of Topliss-reactive ketones (excluding diaryl/α,β-unsaturated/α-hetero) is 2. The van der Waals surface area contributed by atoms with Crippen LogP contribution in [0.3, 0.4) is 0 Å². The fourth-order valence-corrected chi connectivity index (χ4v) is 5.04. The molecule has 5 aromatic rings. The lowest BCUT2D eigenvalue weighted by Crippen LogP contribution is -2.32. The van der Waals surface area contributed by atoms with E-state index in [9.17, 15) is 18.8 Å². The van der Waals surface area contributed by atoms with Crippen molar-refractivity contribution in [3.63, 3.8) is 0 Å². The Morgan fingerprint density at radius 3 is 2.51 bits per heavy atom. The number of fused-ring (bicyclic) bond motifs is 2. The lowest BCUT2D eigenvalue weighted by Gasteiger charge is -2.21. The van der Waals surface area contributed by atoms with Crippen LogP contribution in [-0.2, 0) is 12.8 Å². The number of hydrogen-bond acceptors (Lipinski definition) is 7. The average Bonchev–Trinajstić information content (AvgIpc) is 2.98. The molecule has 0 atom stereocenters. The number of aromatic nitrogens is 3. The number of carbonyl (C=O) groups is 2. The summed E-state index contributed by atoms with van der Waals surface area (Å²) in [6, 6.07) is 17.4. The summed E-state index contributed by atoms with van der Waals surface area (Å²) >= 11 is 0. The third kappa shape index (κ3) is 5.09. The van der Waals surface area contributed by atoms with Gasteiger partial charge in [0.2, 0.25) is 0 Å². The number of benzene rings is 2. The zero-order valence-corrected chi connectivity index (χ0v) is 22.1. The number of pyridine rings is 3. The summed E-state index contributed by atoms with van der Waals surface area (Å²) in [5.74, 6) is 0.687. The summed E-state index contributed by atoms with van der Waals surface area (Å²) in [4.78, 5) is 48.4. The van der Waals surface area contributed by atoms with Gasteiger partial charge in [0.15, 0.2) is 11.6 Å². The van der Waals surface area contributed by atoms with Crippen molar-refractivity contribution in [3.8, 4) is 22.9 Å². The lowest BCUT2D eigenvalue weighted by atomic mass is 9.91. The summed E-state index contributed by atoms with van der Waals surface area (Å²) in [6.45, 7) is 0. The van der Waals surface area contributed by atoms with Gasteiger partial charge in [-0.3, -0.25) is 28.9 Å². The van der Waals surface area contributed by atoms with E-state index in [1.165, 1.54) is 41.1 Å². The number of carbonyl (C=O) groups excluding carboxylic acids is 2.